The van der Waals surface area contributed by atoms with Crippen molar-refractivity contribution in [3.8, 4) is 5.75 Å². The van der Waals surface area contributed by atoms with Crippen LogP contribution in [0.2, 0.25) is 0 Å². The maximum absolute atomic E-state index is 10.6. The Morgan fingerprint density at radius 3 is 2.64 bits per heavy atom. The van der Waals surface area contributed by atoms with Crippen LogP contribution >= 0.6 is 0 Å². The maximum Gasteiger partial charge on any atom is 0.303 e. The lowest BCUT2D eigenvalue weighted by Gasteiger charge is -2.04. The van der Waals surface area contributed by atoms with E-state index in [2.05, 4.69) is 9.97 Å². The Balaban J connectivity index is 1.80. The molecule has 0 aliphatic carbocycles. The summed E-state index contributed by atoms with van der Waals surface area (Å²) in [5.74, 6) is 0.125. The average molecular weight is 336 g/mol. The van der Waals surface area contributed by atoms with Crippen molar-refractivity contribution in [2.45, 2.75) is 25.7 Å². The predicted octanol–water partition coefficient (Wildman–Crippen LogP) is 4.24. The quantitative estimate of drug-likeness (QED) is 0.563. The van der Waals surface area contributed by atoms with Crippen molar-refractivity contribution in [2.75, 3.05) is 0 Å². The van der Waals surface area contributed by atoms with E-state index in [1.165, 1.54) is 0 Å². The number of aromatic nitrogens is 2. The van der Waals surface area contributed by atoms with Gasteiger partial charge in [0.05, 0.1) is 11.0 Å². The standard InChI is InChI=1S/C20H20N2O3/c23-17-12-11-16-20(15(17)8-4-5-9-19(24)25)22-18(21-16)13-10-14-6-2-1-3-7-14/h1-3,6-7,10-13,23H,4-5,8-9H2,(H,21,22)(H,24,25)/b13-10+. The number of carbonyl (C=O) groups is 1. The highest BCUT2D eigenvalue weighted by atomic mass is 16.4. The fourth-order valence-corrected chi connectivity index (χ4v) is 2.78. The summed E-state index contributed by atoms with van der Waals surface area (Å²) in [6.45, 7) is 0. The van der Waals surface area contributed by atoms with Crippen molar-refractivity contribution < 1.29 is 15.0 Å². The minimum absolute atomic E-state index is 0.141. The lowest BCUT2D eigenvalue weighted by molar-refractivity contribution is -0.137. The second-order valence-corrected chi connectivity index (χ2v) is 5.93. The lowest BCUT2D eigenvalue weighted by atomic mass is 10.0. The summed E-state index contributed by atoms with van der Waals surface area (Å²) in [7, 11) is 0. The minimum atomic E-state index is -0.796. The molecule has 0 saturated carbocycles. The third-order valence-corrected chi connectivity index (χ3v) is 4.05. The van der Waals surface area contributed by atoms with Crippen LogP contribution in [0.15, 0.2) is 42.5 Å². The molecule has 0 unspecified atom stereocenters. The second kappa shape index (κ2) is 7.66. The zero-order valence-corrected chi connectivity index (χ0v) is 13.8. The predicted molar refractivity (Wildman–Crippen MR) is 98.3 cm³/mol. The van der Waals surface area contributed by atoms with E-state index in [1.54, 1.807) is 12.1 Å². The number of imidazole rings is 1. The molecule has 128 valence electrons. The summed E-state index contributed by atoms with van der Waals surface area (Å²) in [6.07, 6.45) is 5.90. The van der Waals surface area contributed by atoms with Gasteiger partial charge in [-0.2, -0.15) is 0 Å². The van der Waals surface area contributed by atoms with Crippen molar-refractivity contribution in [3.05, 3.63) is 59.4 Å². The van der Waals surface area contributed by atoms with Crippen LogP contribution in [0.5, 0.6) is 5.75 Å². The molecule has 1 aromatic heterocycles. The zero-order valence-electron chi connectivity index (χ0n) is 13.8. The van der Waals surface area contributed by atoms with Crippen LogP contribution < -0.4 is 0 Å². The van der Waals surface area contributed by atoms with Gasteiger partial charge in [-0.1, -0.05) is 36.4 Å². The molecule has 0 aliphatic heterocycles. The van der Waals surface area contributed by atoms with Crippen molar-refractivity contribution in [2.24, 2.45) is 0 Å². The number of H-pyrrole nitrogens is 1. The van der Waals surface area contributed by atoms with Crippen molar-refractivity contribution >= 4 is 29.2 Å². The van der Waals surface area contributed by atoms with Crippen molar-refractivity contribution in [1.29, 1.82) is 0 Å². The topological polar surface area (TPSA) is 86.2 Å². The lowest BCUT2D eigenvalue weighted by Crippen LogP contribution is -1.95. The van der Waals surface area contributed by atoms with Gasteiger partial charge >= 0.3 is 5.97 Å². The monoisotopic (exact) mass is 336 g/mol. The molecular weight excluding hydrogens is 316 g/mol. The number of nitrogens with zero attached hydrogens (tertiary/aromatic N) is 1. The molecule has 0 atom stereocenters. The molecule has 0 spiro atoms. The van der Waals surface area contributed by atoms with Crippen LogP contribution in [-0.4, -0.2) is 26.2 Å². The largest absolute Gasteiger partial charge is 0.508 e. The van der Waals surface area contributed by atoms with E-state index in [0.29, 0.717) is 19.3 Å². The molecule has 2 aromatic carbocycles. The normalized spacial score (nSPS) is 11.4. The number of carboxylic acid groups (broad SMARTS) is 1. The molecule has 3 rings (SSSR count). The molecule has 3 aromatic rings. The number of phenolic OH excluding ortho intramolecular Hbond substituents is 1. The van der Waals surface area contributed by atoms with Gasteiger partial charge in [-0.25, -0.2) is 4.98 Å². The fraction of sp³-hybridized carbons (Fsp3) is 0.200. The number of benzene rings is 2. The summed E-state index contributed by atoms with van der Waals surface area (Å²) in [4.78, 5) is 18.4. The summed E-state index contributed by atoms with van der Waals surface area (Å²) in [5.41, 5.74) is 3.44. The molecule has 25 heavy (non-hydrogen) atoms. The number of rotatable bonds is 7. The Morgan fingerprint density at radius 2 is 1.88 bits per heavy atom. The van der Waals surface area contributed by atoms with Crippen LogP contribution in [0.3, 0.4) is 0 Å². The molecule has 0 aliphatic rings. The molecule has 0 amide bonds. The van der Waals surface area contributed by atoms with Gasteiger partial charge in [-0.15, -0.1) is 0 Å². The first-order valence-corrected chi connectivity index (χ1v) is 8.29. The van der Waals surface area contributed by atoms with Gasteiger partial charge in [-0.05, 0) is 43.0 Å². The molecule has 0 radical (unpaired) electrons. The SMILES string of the molecule is O=C(O)CCCCc1c(O)ccc2[nH]c(/C=C/c3ccccc3)nc12. The van der Waals surface area contributed by atoms with Crippen molar-refractivity contribution in [1.82, 2.24) is 9.97 Å². The van der Waals surface area contributed by atoms with E-state index in [-0.39, 0.29) is 12.2 Å². The molecule has 1 heterocycles. The number of aromatic hydroxyl groups is 1. The molecule has 0 fully saturated rings. The number of phenols is 1. The second-order valence-electron chi connectivity index (χ2n) is 5.93. The van der Waals surface area contributed by atoms with E-state index < -0.39 is 5.97 Å². The molecule has 0 saturated heterocycles. The van der Waals surface area contributed by atoms with Crippen LogP contribution in [-0.2, 0) is 11.2 Å². The Hall–Kier alpha value is -3.08. The zero-order chi connectivity index (χ0) is 17.6. The third-order valence-electron chi connectivity index (χ3n) is 4.05. The first-order valence-electron chi connectivity index (χ1n) is 8.29. The number of aliphatic carboxylic acids is 1. The van der Waals surface area contributed by atoms with Gasteiger partial charge in [0.1, 0.15) is 11.6 Å². The summed E-state index contributed by atoms with van der Waals surface area (Å²) in [5, 5.41) is 18.9. The highest BCUT2D eigenvalue weighted by Gasteiger charge is 2.11. The first kappa shape index (κ1) is 16.8. The van der Waals surface area contributed by atoms with E-state index in [0.717, 1.165) is 28.0 Å². The number of hydrogen-bond acceptors (Lipinski definition) is 3. The number of aryl methyl sites for hydroxylation is 1. The van der Waals surface area contributed by atoms with Gasteiger partial charge in [0.25, 0.3) is 0 Å². The molecule has 5 heteroatoms. The number of hydrogen-bond donors (Lipinski definition) is 3. The molecule has 5 nitrogen and oxygen atoms in total. The van der Waals surface area contributed by atoms with Crippen LogP contribution in [0.25, 0.3) is 23.2 Å². The molecular formula is C20H20N2O3. The molecule has 0 bridgehead atoms. The number of nitrogens with one attached hydrogen (secondary N) is 1. The Bertz CT molecular complexity index is 898. The highest BCUT2D eigenvalue weighted by molar-refractivity contribution is 5.83. The maximum atomic E-state index is 10.6. The Morgan fingerprint density at radius 1 is 1.08 bits per heavy atom. The summed E-state index contributed by atoms with van der Waals surface area (Å²) in [6, 6.07) is 13.4. The Kier molecular flexibility index (Phi) is 5.14. The summed E-state index contributed by atoms with van der Waals surface area (Å²) >= 11 is 0. The van der Waals surface area contributed by atoms with E-state index in [9.17, 15) is 9.90 Å². The minimum Gasteiger partial charge on any atom is -0.508 e. The van der Waals surface area contributed by atoms with Gasteiger partial charge in [0.15, 0.2) is 0 Å². The van der Waals surface area contributed by atoms with Gasteiger partial charge in [-0.3, -0.25) is 4.79 Å². The number of unbranched alkanes of at least 4 members (excludes halogenated alkanes) is 1. The Labute approximate surface area is 145 Å². The highest BCUT2D eigenvalue weighted by Crippen LogP contribution is 2.27. The van der Waals surface area contributed by atoms with Gasteiger partial charge in [0, 0.05) is 12.0 Å². The smallest absolute Gasteiger partial charge is 0.303 e. The van der Waals surface area contributed by atoms with E-state index in [4.69, 9.17) is 5.11 Å². The van der Waals surface area contributed by atoms with Crippen molar-refractivity contribution in [3.63, 3.8) is 0 Å². The van der Waals surface area contributed by atoms with E-state index in [1.807, 2.05) is 42.5 Å². The van der Waals surface area contributed by atoms with Crippen LogP contribution in [0, 0.1) is 0 Å². The summed E-state index contributed by atoms with van der Waals surface area (Å²) < 4.78 is 0. The van der Waals surface area contributed by atoms with Crippen LogP contribution in [0.1, 0.15) is 36.2 Å². The van der Waals surface area contributed by atoms with E-state index >= 15 is 0 Å². The number of aromatic amines is 1. The third kappa shape index (κ3) is 4.26. The number of carboxylic acids is 1. The first-order chi connectivity index (χ1) is 12.1. The van der Waals surface area contributed by atoms with Gasteiger partial charge < -0.3 is 15.2 Å². The van der Waals surface area contributed by atoms with Gasteiger partial charge in [0.2, 0.25) is 0 Å². The van der Waals surface area contributed by atoms with Crippen LogP contribution in [0.4, 0.5) is 0 Å². The fourth-order valence-electron chi connectivity index (χ4n) is 2.78. The molecule has 3 N–H and O–H groups in total. The average Bonchev–Trinajstić information content (AvgIpc) is 3.02. The number of fused-ring (bicyclic) bond motifs is 1.